The Morgan fingerprint density at radius 3 is 2.36 bits per heavy atom. The number of benzene rings is 4. The summed E-state index contributed by atoms with van der Waals surface area (Å²) in [6.07, 6.45) is -0.476. The molecule has 3 unspecified atom stereocenters. The summed E-state index contributed by atoms with van der Waals surface area (Å²) >= 11 is 1.63. The van der Waals surface area contributed by atoms with E-state index in [2.05, 4.69) is 4.72 Å². The fourth-order valence-corrected chi connectivity index (χ4v) is 6.44. The van der Waals surface area contributed by atoms with Gasteiger partial charge in [-0.25, -0.2) is 8.42 Å². The molecule has 0 aliphatic carbocycles. The molecular formula is C30H30N2O5S2. The number of hydrogen-bond acceptors (Lipinski definition) is 7. The van der Waals surface area contributed by atoms with Gasteiger partial charge in [0, 0.05) is 34.0 Å². The first-order valence-corrected chi connectivity index (χ1v) is 15.0. The van der Waals surface area contributed by atoms with E-state index in [0.717, 1.165) is 21.7 Å². The molecule has 1 aliphatic heterocycles. The van der Waals surface area contributed by atoms with Gasteiger partial charge < -0.3 is 20.3 Å². The maximum Gasteiger partial charge on any atom is 0.261 e. The maximum absolute atomic E-state index is 12.9. The summed E-state index contributed by atoms with van der Waals surface area (Å²) in [6, 6.07) is 30.7. The van der Waals surface area contributed by atoms with Crippen LogP contribution in [0, 0.1) is 0 Å². The largest absolute Gasteiger partial charge is 0.398 e. The molecule has 7 nitrogen and oxygen atoms in total. The van der Waals surface area contributed by atoms with Crippen molar-refractivity contribution in [3.8, 4) is 0 Å². The van der Waals surface area contributed by atoms with Crippen LogP contribution >= 0.6 is 11.8 Å². The van der Waals surface area contributed by atoms with Crippen molar-refractivity contribution in [1.82, 2.24) is 0 Å². The minimum atomic E-state index is -3.74. The molecule has 4 N–H and O–H groups in total. The third kappa shape index (κ3) is 6.81. The quantitative estimate of drug-likeness (QED) is 0.172. The molecule has 5 rings (SSSR count). The van der Waals surface area contributed by atoms with Crippen molar-refractivity contribution < 1.29 is 23.0 Å². The molecule has 0 aromatic heterocycles. The Balaban J connectivity index is 1.38. The van der Waals surface area contributed by atoms with Crippen LogP contribution in [0.2, 0.25) is 0 Å². The second kappa shape index (κ2) is 12.2. The normalized spacial score (nSPS) is 19.5. The smallest absolute Gasteiger partial charge is 0.261 e. The van der Waals surface area contributed by atoms with Gasteiger partial charge in [-0.1, -0.05) is 66.7 Å². The molecule has 0 amide bonds. The third-order valence-corrected chi connectivity index (χ3v) is 9.04. The Hall–Kier alpha value is -3.34. The Bertz CT molecular complexity index is 1500. The zero-order valence-electron chi connectivity index (χ0n) is 21.1. The standard InChI is InChI=1S/C30H30N2O5S2/c31-27-11-4-5-12-29(27)38-20-25-18-28(22-15-13-21(19-33)14-16-22)37-30(36-25)23-7-6-8-24(17-23)32-39(34,35)26-9-2-1-3-10-26/h1-17,25,28,30,32-33H,18-20,31H2. The first kappa shape index (κ1) is 27.2. The van der Waals surface area contributed by atoms with Crippen LogP contribution in [0.1, 0.15) is 35.5 Å². The first-order valence-electron chi connectivity index (χ1n) is 12.6. The minimum Gasteiger partial charge on any atom is -0.398 e. The van der Waals surface area contributed by atoms with E-state index < -0.39 is 16.3 Å². The highest BCUT2D eigenvalue weighted by Gasteiger charge is 2.32. The van der Waals surface area contributed by atoms with Gasteiger partial charge in [0.1, 0.15) is 0 Å². The minimum absolute atomic E-state index is 0.0268. The predicted molar refractivity (Wildman–Crippen MR) is 154 cm³/mol. The average Bonchev–Trinajstić information content (AvgIpc) is 2.97. The molecule has 0 spiro atoms. The number of ether oxygens (including phenoxy) is 2. The van der Waals surface area contributed by atoms with E-state index in [-0.39, 0.29) is 23.7 Å². The van der Waals surface area contributed by atoms with E-state index in [9.17, 15) is 13.5 Å². The lowest BCUT2D eigenvalue weighted by Crippen LogP contribution is -2.31. The molecule has 1 aliphatic rings. The summed E-state index contributed by atoms with van der Waals surface area (Å²) in [4.78, 5) is 1.18. The van der Waals surface area contributed by atoms with Gasteiger partial charge in [0.2, 0.25) is 0 Å². The van der Waals surface area contributed by atoms with Gasteiger partial charge in [0.15, 0.2) is 6.29 Å². The number of hydrogen-bond donors (Lipinski definition) is 3. The van der Waals surface area contributed by atoms with Gasteiger partial charge in [-0.3, -0.25) is 4.72 Å². The number of sulfonamides is 1. The zero-order chi connectivity index (χ0) is 27.2. The molecule has 4 aromatic carbocycles. The number of nitrogens with one attached hydrogen (secondary N) is 1. The van der Waals surface area contributed by atoms with Gasteiger partial charge in [0.05, 0.1) is 23.7 Å². The summed E-state index contributed by atoms with van der Waals surface area (Å²) in [6.45, 7) is -0.0268. The van der Waals surface area contributed by atoms with Crippen molar-refractivity contribution in [2.45, 2.75) is 41.3 Å². The van der Waals surface area contributed by atoms with Crippen LogP contribution in [0.15, 0.2) is 113 Å². The molecule has 0 saturated carbocycles. The molecule has 0 bridgehead atoms. The fourth-order valence-electron chi connectivity index (χ4n) is 4.38. The summed E-state index contributed by atoms with van der Waals surface area (Å²) < 4.78 is 41.2. The molecule has 9 heteroatoms. The van der Waals surface area contributed by atoms with Gasteiger partial charge >= 0.3 is 0 Å². The van der Waals surface area contributed by atoms with Crippen molar-refractivity contribution in [1.29, 1.82) is 0 Å². The summed E-state index contributed by atoms with van der Waals surface area (Å²) in [7, 11) is -3.74. The fraction of sp³-hybridized carbons (Fsp3) is 0.200. The van der Waals surface area contributed by atoms with E-state index in [1.807, 2.05) is 54.6 Å². The molecule has 39 heavy (non-hydrogen) atoms. The van der Waals surface area contributed by atoms with Crippen molar-refractivity contribution in [2.75, 3.05) is 16.2 Å². The van der Waals surface area contributed by atoms with E-state index >= 15 is 0 Å². The van der Waals surface area contributed by atoms with Crippen LogP contribution in [0.3, 0.4) is 0 Å². The monoisotopic (exact) mass is 562 g/mol. The van der Waals surface area contributed by atoms with Crippen LogP contribution in [0.25, 0.3) is 0 Å². The van der Waals surface area contributed by atoms with Crippen LogP contribution in [0.4, 0.5) is 11.4 Å². The van der Waals surface area contributed by atoms with Gasteiger partial charge in [-0.15, -0.1) is 11.8 Å². The molecular weight excluding hydrogens is 532 g/mol. The van der Waals surface area contributed by atoms with Gasteiger partial charge in [0.25, 0.3) is 10.0 Å². The number of nitrogens with two attached hydrogens (primary N) is 1. The van der Waals surface area contributed by atoms with E-state index in [4.69, 9.17) is 15.2 Å². The van der Waals surface area contributed by atoms with Crippen LogP contribution in [-0.4, -0.2) is 25.4 Å². The number of nitrogen functional groups attached to an aromatic ring is 1. The molecule has 4 aromatic rings. The molecule has 1 heterocycles. The number of aliphatic hydroxyl groups is 1. The van der Waals surface area contributed by atoms with Crippen LogP contribution in [-0.2, 0) is 26.1 Å². The Labute approximate surface area is 233 Å². The Morgan fingerprint density at radius 2 is 1.62 bits per heavy atom. The highest BCUT2D eigenvalue weighted by Crippen LogP contribution is 2.40. The molecule has 1 saturated heterocycles. The van der Waals surface area contributed by atoms with Crippen molar-refractivity contribution >= 4 is 33.2 Å². The van der Waals surface area contributed by atoms with Crippen molar-refractivity contribution in [3.05, 3.63) is 120 Å². The average molecular weight is 563 g/mol. The van der Waals surface area contributed by atoms with E-state index in [1.54, 1.807) is 60.3 Å². The van der Waals surface area contributed by atoms with Gasteiger partial charge in [-0.05, 0) is 47.5 Å². The summed E-state index contributed by atoms with van der Waals surface area (Å²) in [5, 5.41) is 9.44. The maximum atomic E-state index is 12.9. The third-order valence-electron chi connectivity index (χ3n) is 6.42. The molecule has 0 radical (unpaired) electrons. The number of para-hydroxylation sites is 1. The number of anilines is 2. The highest BCUT2D eigenvalue weighted by molar-refractivity contribution is 7.99. The van der Waals surface area contributed by atoms with Crippen molar-refractivity contribution in [3.63, 3.8) is 0 Å². The van der Waals surface area contributed by atoms with E-state index in [1.165, 1.54) is 0 Å². The lowest BCUT2D eigenvalue weighted by molar-refractivity contribution is -0.245. The Morgan fingerprint density at radius 1 is 0.872 bits per heavy atom. The molecule has 3 atom stereocenters. The van der Waals surface area contributed by atoms with E-state index in [0.29, 0.717) is 23.4 Å². The SMILES string of the molecule is Nc1ccccc1SCC1CC(c2ccc(CO)cc2)OC(c2cccc(NS(=O)(=O)c3ccccc3)c2)O1. The topological polar surface area (TPSA) is 111 Å². The summed E-state index contributed by atoms with van der Waals surface area (Å²) in [5.74, 6) is 0.666. The number of rotatable bonds is 9. The molecule has 1 fully saturated rings. The van der Waals surface area contributed by atoms with Crippen LogP contribution in [0.5, 0.6) is 0 Å². The molecule has 202 valence electrons. The van der Waals surface area contributed by atoms with Crippen LogP contribution < -0.4 is 10.5 Å². The second-order valence-corrected chi connectivity index (χ2v) is 12.0. The lowest BCUT2D eigenvalue weighted by atomic mass is 10.0. The van der Waals surface area contributed by atoms with Crippen molar-refractivity contribution in [2.24, 2.45) is 0 Å². The Kier molecular flexibility index (Phi) is 8.54. The summed E-state index contributed by atoms with van der Waals surface area (Å²) in [5.41, 5.74) is 9.80. The second-order valence-electron chi connectivity index (χ2n) is 9.24. The first-order chi connectivity index (χ1) is 18.9. The van der Waals surface area contributed by atoms with Gasteiger partial charge in [-0.2, -0.15) is 0 Å². The number of aliphatic hydroxyl groups excluding tert-OH is 1. The predicted octanol–water partition coefficient (Wildman–Crippen LogP) is 5.90. The zero-order valence-corrected chi connectivity index (χ0v) is 22.8. The lowest BCUT2D eigenvalue weighted by Gasteiger charge is -2.36. The number of thioether (sulfide) groups is 1. The highest BCUT2D eigenvalue weighted by atomic mass is 32.2.